The van der Waals surface area contributed by atoms with Crippen LogP contribution in [0.4, 0.5) is 5.13 Å². The van der Waals surface area contributed by atoms with Crippen LogP contribution >= 0.6 is 11.3 Å². The van der Waals surface area contributed by atoms with Crippen molar-refractivity contribution in [2.75, 3.05) is 18.5 Å². The van der Waals surface area contributed by atoms with Gasteiger partial charge in [-0.05, 0) is 24.4 Å². The molecule has 3 N–H and O–H groups in total. The Bertz CT molecular complexity index is 527. The van der Waals surface area contributed by atoms with Crippen molar-refractivity contribution in [2.24, 2.45) is 5.84 Å². The van der Waals surface area contributed by atoms with Gasteiger partial charge in [-0.2, -0.15) is 0 Å². The lowest BCUT2D eigenvalue weighted by molar-refractivity contribution is 0.325. The highest BCUT2D eigenvalue weighted by Gasteiger charge is 2.24. The van der Waals surface area contributed by atoms with E-state index in [0.717, 1.165) is 24.6 Å². The number of nitrogens with zero attached hydrogens (tertiary/aromatic N) is 3. The summed E-state index contributed by atoms with van der Waals surface area (Å²) < 4.78 is 0. The van der Waals surface area contributed by atoms with E-state index in [0.29, 0.717) is 11.0 Å². The van der Waals surface area contributed by atoms with Crippen LogP contribution in [0.2, 0.25) is 0 Å². The van der Waals surface area contributed by atoms with Crippen molar-refractivity contribution in [3.8, 4) is 0 Å². The van der Waals surface area contributed by atoms with Gasteiger partial charge >= 0.3 is 0 Å². The summed E-state index contributed by atoms with van der Waals surface area (Å²) in [5.74, 6) is 5.95. The Hall–Kier alpha value is -1.50. The monoisotopic (exact) mass is 275 g/mol. The van der Waals surface area contributed by atoms with Crippen LogP contribution in [0, 0.1) is 0 Å². The zero-order chi connectivity index (χ0) is 13.1. The average Bonchev–Trinajstić information content (AvgIpc) is 3.09. The fraction of sp³-hybridized carbons (Fsp3) is 0.385. The van der Waals surface area contributed by atoms with Crippen molar-refractivity contribution in [3.63, 3.8) is 0 Å². The topological polar surface area (TPSA) is 67.1 Å². The van der Waals surface area contributed by atoms with Gasteiger partial charge in [-0.1, -0.05) is 41.7 Å². The third kappa shape index (κ3) is 2.91. The van der Waals surface area contributed by atoms with Crippen LogP contribution in [0.3, 0.4) is 0 Å². The second-order valence-corrected chi connectivity index (χ2v) is 5.84. The van der Waals surface area contributed by atoms with Crippen LogP contribution in [-0.4, -0.2) is 28.2 Å². The van der Waals surface area contributed by atoms with E-state index in [1.54, 1.807) is 0 Å². The fourth-order valence-electron chi connectivity index (χ4n) is 2.54. The minimum Gasteiger partial charge on any atom is -0.298 e. The molecule has 0 bridgehead atoms. The zero-order valence-electron chi connectivity index (χ0n) is 10.6. The van der Waals surface area contributed by atoms with Gasteiger partial charge in [0.1, 0.15) is 5.01 Å². The summed E-state index contributed by atoms with van der Waals surface area (Å²) in [7, 11) is 0. The van der Waals surface area contributed by atoms with Crippen LogP contribution in [0.5, 0.6) is 0 Å². The van der Waals surface area contributed by atoms with Gasteiger partial charge in [0, 0.05) is 6.54 Å². The Kier molecular flexibility index (Phi) is 3.72. The summed E-state index contributed by atoms with van der Waals surface area (Å²) in [5.41, 5.74) is 3.97. The maximum Gasteiger partial charge on any atom is 0.219 e. The molecule has 0 spiro atoms. The number of likely N-dealkylation sites (tertiary alicyclic amines) is 1. The van der Waals surface area contributed by atoms with Crippen molar-refractivity contribution in [3.05, 3.63) is 40.9 Å². The van der Waals surface area contributed by atoms with Crippen LogP contribution < -0.4 is 11.3 Å². The van der Waals surface area contributed by atoms with E-state index < -0.39 is 0 Å². The number of nitrogen functional groups attached to an aromatic ring is 1. The molecule has 0 saturated carbocycles. The maximum absolute atomic E-state index is 5.31. The van der Waals surface area contributed by atoms with E-state index in [4.69, 9.17) is 5.84 Å². The Morgan fingerprint density at radius 2 is 2.16 bits per heavy atom. The quantitative estimate of drug-likeness (QED) is 0.658. The lowest BCUT2D eigenvalue weighted by Gasteiger charge is -2.14. The molecule has 1 unspecified atom stereocenters. The number of nitrogens with two attached hydrogens (primary N) is 1. The number of hydrazine groups is 1. The second kappa shape index (κ2) is 5.64. The van der Waals surface area contributed by atoms with Gasteiger partial charge in [-0.25, -0.2) is 5.84 Å². The highest BCUT2D eigenvalue weighted by molar-refractivity contribution is 7.15. The minimum absolute atomic E-state index is 0.640. The molecule has 1 aliphatic heterocycles. The number of aromatic nitrogens is 2. The molecule has 5 nitrogen and oxygen atoms in total. The molecule has 2 aromatic rings. The SMILES string of the molecule is NNc1nnc(CN2CCC(c3ccccc3)C2)s1. The van der Waals surface area contributed by atoms with Crippen molar-refractivity contribution < 1.29 is 0 Å². The van der Waals surface area contributed by atoms with E-state index in [1.807, 2.05) is 0 Å². The fourth-order valence-corrected chi connectivity index (χ4v) is 3.23. The third-order valence-electron chi connectivity index (χ3n) is 3.49. The van der Waals surface area contributed by atoms with E-state index in [-0.39, 0.29) is 0 Å². The lowest BCUT2D eigenvalue weighted by Crippen LogP contribution is -2.19. The molecule has 1 saturated heterocycles. The number of hydrogen-bond donors (Lipinski definition) is 2. The van der Waals surface area contributed by atoms with E-state index in [2.05, 4.69) is 50.9 Å². The Labute approximate surface area is 116 Å². The first-order valence-corrected chi connectivity index (χ1v) is 7.23. The predicted octanol–water partition coefficient (Wildman–Crippen LogP) is 1.81. The number of nitrogens with one attached hydrogen (secondary N) is 1. The minimum atomic E-state index is 0.640. The standard InChI is InChI=1S/C13H17N5S/c14-15-13-17-16-12(19-13)9-18-7-6-11(8-18)10-4-2-1-3-5-10/h1-5,11H,6-9,14H2,(H,15,17). The van der Waals surface area contributed by atoms with Gasteiger partial charge < -0.3 is 0 Å². The Morgan fingerprint density at radius 3 is 2.89 bits per heavy atom. The van der Waals surface area contributed by atoms with Crippen molar-refractivity contribution >= 4 is 16.5 Å². The Balaban J connectivity index is 1.60. The maximum atomic E-state index is 5.31. The highest BCUT2D eigenvalue weighted by Crippen LogP contribution is 2.28. The van der Waals surface area contributed by atoms with Crippen LogP contribution in [0.15, 0.2) is 30.3 Å². The first-order chi connectivity index (χ1) is 9.35. The van der Waals surface area contributed by atoms with Gasteiger partial charge in [-0.15, -0.1) is 10.2 Å². The van der Waals surface area contributed by atoms with Crippen LogP contribution in [-0.2, 0) is 6.54 Å². The van der Waals surface area contributed by atoms with E-state index in [1.165, 1.54) is 23.3 Å². The summed E-state index contributed by atoms with van der Waals surface area (Å²) in [5, 5.41) is 9.78. The van der Waals surface area contributed by atoms with Gasteiger partial charge in [0.05, 0.1) is 6.54 Å². The van der Waals surface area contributed by atoms with Gasteiger partial charge in [0.2, 0.25) is 5.13 Å². The van der Waals surface area contributed by atoms with Crippen molar-refractivity contribution in [1.29, 1.82) is 0 Å². The van der Waals surface area contributed by atoms with Crippen LogP contribution in [0.1, 0.15) is 22.9 Å². The average molecular weight is 275 g/mol. The molecule has 100 valence electrons. The van der Waals surface area contributed by atoms with Crippen molar-refractivity contribution in [1.82, 2.24) is 15.1 Å². The van der Waals surface area contributed by atoms with Crippen molar-refractivity contribution in [2.45, 2.75) is 18.9 Å². The molecule has 2 heterocycles. The third-order valence-corrected chi connectivity index (χ3v) is 4.33. The summed E-state index contributed by atoms with van der Waals surface area (Å²) >= 11 is 1.52. The molecular weight excluding hydrogens is 258 g/mol. The molecule has 19 heavy (non-hydrogen) atoms. The lowest BCUT2D eigenvalue weighted by atomic mass is 9.99. The number of anilines is 1. The molecule has 3 rings (SSSR count). The molecule has 1 aliphatic rings. The second-order valence-electron chi connectivity index (χ2n) is 4.78. The molecular formula is C13H17N5S. The molecule has 1 atom stereocenters. The summed E-state index contributed by atoms with van der Waals surface area (Å²) in [6, 6.07) is 10.7. The first-order valence-electron chi connectivity index (χ1n) is 6.41. The van der Waals surface area contributed by atoms with Gasteiger partial charge in [0.15, 0.2) is 0 Å². The zero-order valence-corrected chi connectivity index (χ0v) is 11.4. The number of rotatable bonds is 4. The van der Waals surface area contributed by atoms with E-state index >= 15 is 0 Å². The molecule has 0 radical (unpaired) electrons. The molecule has 1 fully saturated rings. The Morgan fingerprint density at radius 1 is 1.32 bits per heavy atom. The molecule has 1 aromatic carbocycles. The summed E-state index contributed by atoms with van der Waals surface area (Å²) in [4.78, 5) is 2.43. The van der Waals surface area contributed by atoms with E-state index in [9.17, 15) is 0 Å². The number of benzene rings is 1. The molecule has 0 amide bonds. The first kappa shape index (κ1) is 12.5. The predicted molar refractivity (Wildman–Crippen MR) is 76.8 cm³/mol. The van der Waals surface area contributed by atoms with Gasteiger partial charge in [0.25, 0.3) is 0 Å². The molecule has 0 aliphatic carbocycles. The van der Waals surface area contributed by atoms with Gasteiger partial charge in [-0.3, -0.25) is 10.3 Å². The molecule has 1 aromatic heterocycles. The summed E-state index contributed by atoms with van der Waals surface area (Å²) in [6.45, 7) is 3.07. The highest BCUT2D eigenvalue weighted by atomic mass is 32.1. The molecule has 6 heteroatoms. The number of hydrogen-bond acceptors (Lipinski definition) is 6. The summed E-state index contributed by atoms with van der Waals surface area (Å²) in [6.07, 6.45) is 1.21. The normalized spacial score (nSPS) is 19.7. The van der Waals surface area contributed by atoms with Crippen LogP contribution in [0.25, 0.3) is 0 Å². The largest absolute Gasteiger partial charge is 0.298 e. The smallest absolute Gasteiger partial charge is 0.219 e.